The third-order valence-corrected chi connectivity index (χ3v) is 2.78. The number of benzene rings is 1. The van der Waals surface area contributed by atoms with Gasteiger partial charge in [-0.05, 0) is 12.1 Å². The van der Waals surface area contributed by atoms with Gasteiger partial charge in [0.1, 0.15) is 5.15 Å². The molecule has 0 atom stereocenters. The predicted molar refractivity (Wildman–Crippen MR) is 64.9 cm³/mol. The van der Waals surface area contributed by atoms with Gasteiger partial charge in [-0.1, -0.05) is 11.6 Å². The summed E-state index contributed by atoms with van der Waals surface area (Å²) < 4.78 is 48.9. The Morgan fingerprint density at radius 3 is 2.16 bits per heavy atom. The van der Waals surface area contributed by atoms with Crippen molar-refractivity contribution in [1.29, 1.82) is 0 Å². The van der Waals surface area contributed by atoms with Crippen molar-refractivity contribution in [3.63, 3.8) is 0 Å². The molecular formula is C12H9ClF3NO2. The lowest BCUT2D eigenvalue weighted by molar-refractivity contribution is -0.136. The smallest absolute Gasteiger partial charge is 0.417 e. The summed E-state index contributed by atoms with van der Waals surface area (Å²) in [4.78, 5) is 3.86. The van der Waals surface area contributed by atoms with Crippen LogP contribution in [0.3, 0.4) is 0 Å². The molecule has 2 aromatic rings. The number of rotatable bonds is 2. The molecule has 0 N–H and O–H groups in total. The lowest BCUT2D eigenvalue weighted by Crippen LogP contribution is -2.07. The summed E-state index contributed by atoms with van der Waals surface area (Å²) in [6.45, 7) is 0. The van der Waals surface area contributed by atoms with Crippen LogP contribution in [0.25, 0.3) is 10.9 Å². The van der Waals surface area contributed by atoms with Gasteiger partial charge in [0.25, 0.3) is 0 Å². The van der Waals surface area contributed by atoms with Crippen molar-refractivity contribution in [2.45, 2.75) is 6.18 Å². The monoisotopic (exact) mass is 291 g/mol. The molecule has 102 valence electrons. The Labute approximate surface area is 111 Å². The summed E-state index contributed by atoms with van der Waals surface area (Å²) in [6, 6.07) is 3.38. The van der Waals surface area contributed by atoms with Crippen molar-refractivity contribution in [1.82, 2.24) is 4.98 Å². The number of methoxy groups -OCH3 is 2. The first-order valence-electron chi connectivity index (χ1n) is 5.16. The Kier molecular flexibility index (Phi) is 3.45. The molecule has 3 nitrogen and oxygen atoms in total. The number of fused-ring (bicyclic) bond motifs is 1. The number of hydrogen-bond donors (Lipinski definition) is 0. The zero-order valence-corrected chi connectivity index (χ0v) is 10.8. The maximum atomic E-state index is 13.0. The van der Waals surface area contributed by atoms with E-state index in [1.807, 2.05) is 0 Å². The molecule has 19 heavy (non-hydrogen) atoms. The van der Waals surface area contributed by atoms with Crippen molar-refractivity contribution >= 4 is 22.5 Å². The lowest BCUT2D eigenvalue weighted by Gasteiger charge is -2.13. The van der Waals surface area contributed by atoms with Gasteiger partial charge in [-0.3, -0.25) is 0 Å². The van der Waals surface area contributed by atoms with Crippen LogP contribution >= 0.6 is 11.6 Å². The minimum atomic E-state index is -4.52. The molecule has 0 aliphatic heterocycles. The summed E-state index contributed by atoms with van der Waals surface area (Å²) in [5.74, 6) is 0.488. The maximum Gasteiger partial charge on any atom is 0.417 e. The number of nitrogens with zero attached hydrogens (tertiary/aromatic N) is 1. The van der Waals surface area contributed by atoms with Crippen molar-refractivity contribution in [3.05, 3.63) is 28.9 Å². The molecule has 0 saturated carbocycles. The van der Waals surface area contributed by atoms with Crippen LogP contribution in [-0.4, -0.2) is 19.2 Å². The molecule has 0 unspecified atom stereocenters. The molecule has 1 aromatic carbocycles. The second kappa shape index (κ2) is 4.77. The van der Waals surface area contributed by atoms with E-state index in [9.17, 15) is 13.2 Å². The first-order chi connectivity index (χ1) is 8.86. The molecule has 0 spiro atoms. The Bertz CT molecular complexity index is 628. The molecule has 1 heterocycles. The minimum Gasteiger partial charge on any atom is -0.493 e. The third-order valence-electron chi connectivity index (χ3n) is 2.59. The van der Waals surface area contributed by atoms with Crippen LogP contribution < -0.4 is 9.47 Å². The van der Waals surface area contributed by atoms with Crippen LogP contribution in [0.1, 0.15) is 5.56 Å². The molecule has 0 fully saturated rings. The second-order valence-electron chi connectivity index (χ2n) is 3.71. The number of halogens is 4. The highest BCUT2D eigenvalue weighted by molar-refractivity contribution is 6.30. The SMILES string of the molecule is COc1cc2nc(Cl)cc(C(F)(F)F)c2cc1OC. The maximum absolute atomic E-state index is 13.0. The van der Waals surface area contributed by atoms with Crippen molar-refractivity contribution in [2.75, 3.05) is 14.2 Å². The van der Waals surface area contributed by atoms with Gasteiger partial charge in [0.2, 0.25) is 0 Å². The summed E-state index contributed by atoms with van der Waals surface area (Å²) >= 11 is 5.62. The molecule has 0 radical (unpaired) electrons. The van der Waals surface area contributed by atoms with E-state index in [1.54, 1.807) is 0 Å². The van der Waals surface area contributed by atoms with Crippen molar-refractivity contribution in [3.8, 4) is 11.5 Å². The van der Waals surface area contributed by atoms with Crippen LogP contribution in [0.15, 0.2) is 18.2 Å². The summed E-state index contributed by atoms with van der Waals surface area (Å²) in [5.41, 5.74) is -0.763. The quantitative estimate of drug-likeness (QED) is 0.786. The molecule has 0 aliphatic carbocycles. The zero-order valence-electron chi connectivity index (χ0n) is 10.0. The number of pyridine rings is 1. The molecule has 0 aliphatic rings. The highest BCUT2D eigenvalue weighted by Gasteiger charge is 2.33. The van der Waals surface area contributed by atoms with Crippen molar-refractivity contribution < 1.29 is 22.6 Å². The Balaban J connectivity index is 2.83. The van der Waals surface area contributed by atoms with Gasteiger partial charge >= 0.3 is 6.18 Å². The number of alkyl halides is 3. The summed E-state index contributed by atoms with van der Waals surface area (Å²) in [7, 11) is 2.74. The van der Waals surface area contributed by atoms with Crippen molar-refractivity contribution in [2.24, 2.45) is 0 Å². The molecule has 7 heteroatoms. The fourth-order valence-corrected chi connectivity index (χ4v) is 1.96. The molecule has 0 saturated heterocycles. The van der Waals surface area contributed by atoms with Gasteiger partial charge in [-0.25, -0.2) is 4.98 Å². The minimum absolute atomic E-state index is 0.0884. The van der Waals surface area contributed by atoms with Gasteiger partial charge in [-0.15, -0.1) is 0 Å². The Hall–Kier alpha value is -1.69. The topological polar surface area (TPSA) is 31.4 Å². The number of hydrogen-bond acceptors (Lipinski definition) is 3. The van der Waals surface area contributed by atoms with Gasteiger partial charge in [0.15, 0.2) is 11.5 Å². The molecule has 0 amide bonds. The molecule has 2 rings (SSSR count). The van der Waals surface area contributed by atoms with E-state index in [2.05, 4.69) is 4.98 Å². The van der Waals surface area contributed by atoms with Crippen LogP contribution in [-0.2, 0) is 6.18 Å². The van der Waals surface area contributed by atoms with Gasteiger partial charge in [0.05, 0.1) is 25.3 Å². The number of aromatic nitrogens is 1. The molecule has 0 bridgehead atoms. The van der Waals surface area contributed by atoms with Crippen LogP contribution in [0, 0.1) is 0 Å². The second-order valence-corrected chi connectivity index (χ2v) is 4.10. The standard InChI is InChI=1S/C12H9ClF3NO2/c1-18-9-3-6-7(12(14,15)16)4-11(13)17-8(6)5-10(9)19-2/h3-5H,1-2H3. The fraction of sp³-hybridized carbons (Fsp3) is 0.250. The molecule has 1 aromatic heterocycles. The molecular weight excluding hydrogens is 283 g/mol. The Morgan fingerprint density at radius 1 is 1.05 bits per heavy atom. The van der Waals surface area contributed by atoms with E-state index in [1.165, 1.54) is 26.4 Å². The third kappa shape index (κ3) is 2.53. The van der Waals surface area contributed by atoms with E-state index in [0.29, 0.717) is 0 Å². The van der Waals surface area contributed by atoms with Crippen LogP contribution in [0.2, 0.25) is 5.15 Å². The van der Waals surface area contributed by atoms with E-state index in [0.717, 1.165) is 6.07 Å². The zero-order chi connectivity index (χ0) is 14.2. The average Bonchev–Trinajstić information content (AvgIpc) is 2.34. The van der Waals surface area contributed by atoms with E-state index < -0.39 is 11.7 Å². The predicted octanol–water partition coefficient (Wildman–Crippen LogP) is 3.92. The van der Waals surface area contributed by atoms with Gasteiger partial charge in [0, 0.05) is 11.5 Å². The van der Waals surface area contributed by atoms with Crippen LogP contribution in [0.4, 0.5) is 13.2 Å². The summed E-state index contributed by atoms with van der Waals surface area (Å²) in [6.07, 6.45) is -4.52. The van der Waals surface area contributed by atoms with E-state index in [4.69, 9.17) is 21.1 Å². The average molecular weight is 292 g/mol. The van der Waals surface area contributed by atoms with E-state index >= 15 is 0 Å². The lowest BCUT2D eigenvalue weighted by atomic mass is 10.1. The highest BCUT2D eigenvalue weighted by Crippen LogP contribution is 2.39. The van der Waals surface area contributed by atoms with E-state index in [-0.39, 0.29) is 27.6 Å². The normalized spacial score (nSPS) is 11.7. The van der Waals surface area contributed by atoms with Crippen LogP contribution in [0.5, 0.6) is 11.5 Å². The van der Waals surface area contributed by atoms with Gasteiger partial charge in [-0.2, -0.15) is 13.2 Å². The highest BCUT2D eigenvalue weighted by atomic mass is 35.5. The summed E-state index contributed by atoms with van der Waals surface area (Å²) in [5, 5.41) is -0.318. The first-order valence-corrected chi connectivity index (χ1v) is 5.54. The largest absolute Gasteiger partial charge is 0.493 e. The Morgan fingerprint density at radius 2 is 1.63 bits per heavy atom. The number of ether oxygens (including phenoxy) is 2. The fourth-order valence-electron chi connectivity index (χ4n) is 1.76. The first kappa shape index (κ1) is 13.7. The van der Waals surface area contributed by atoms with Gasteiger partial charge < -0.3 is 9.47 Å².